The van der Waals surface area contributed by atoms with E-state index in [1.54, 1.807) is 36.3 Å². The molecule has 2 amide bonds. The third-order valence-corrected chi connectivity index (χ3v) is 7.52. The second kappa shape index (κ2) is 11.8. The van der Waals surface area contributed by atoms with Gasteiger partial charge in [0.05, 0.1) is 19.3 Å². The van der Waals surface area contributed by atoms with Crippen molar-refractivity contribution >= 4 is 45.9 Å². The van der Waals surface area contributed by atoms with Crippen LogP contribution in [0.4, 0.5) is 22.0 Å². The fourth-order valence-electron chi connectivity index (χ4n) is 5.29. The largest absolute Gasteiger partial charge is 0.465 e. The predicted molar refractivity (Wildman–Crippen MR) is 161 cm³/mol. The summed E-state index contributed by atoms with van der Waals surface area (Å²) in [6.45, 7) is 4.20. The van der Waals surface area contributed by atoms with Crippen molar-refractivity contribution in [1.82, 2.24) is 9.88 Å². The summed E-state index contributed by atoms with van der Waals surface area (Å²) in [6, 6.07) is 17.5. The Bertz CT molecular complexity index is 1690. The van der Waals surface area contributed by atoms with Crippen molar-refractivity contribution in [3.63, 3.8) is 0 Å². The van der Waals surface area contributed by atoms with Crippen molar-refractivity contribution < 1.29 is 23.9 Å². The normalized spacial score (nSPS) is 17.5. The fraction of sp³-hybridized carbons (Fsp3) is 0.250. The summed E-state index contributed by atoms with van der Waals surface area (Å²) in [5.41, 5.74) is 10.8. The zero-order valence-electron chi connectivity index (χ0n) is 23.9. The molecule has 0 fully saturated rings. The highest BCUT2D eigenvalue weighted by Gasteiger charge is 2.27. The first kappa shape index (κ1) is 28.4. The van der Waals surface area contributed by atoms with Crippen LogP contribution in [0.2, 0.25) is 0 Å². The van der Waals surface area contributed by atoms with Crippen LogP contribution in [0.15, 0.2) is 66.9 Å². The molecule has 2 aliphatic rings. The van der Waals surface area contributed by atoms with Gasteiger partial charge in [0.25, 0.3) is 0 Å². The Morgan fingerprint density at radius 2 is 1.93 bits per heavy atom. The lowest BCUT2D eigenvalue weighted by atomic mass is 9.92. The van der Waals surface area contributed by atoms with E-state index < -0.39 is 18.1 Å². The molecule has 3 heterocycles. The van der Waals surface area contributed by atoms with Crippen LogP contribution < -0.4 is 16.4 Å². The minimum Gasteiger partial charge on any atom is -0.465 e. The van der Waals surface area contributed by atoms with Gasteiger partial charge in [-0.1, -0.05) is 25.1 Å². The van der Waals surface area contributed by atoms with Crippen LogP contribution >= 0.6 is 0 Å². The number of likely N-dealkylation sites (N-methyl/N-ethyl adjacent to an activating group) is 1. The molecular formula is C32H33N5O5. The van der Waals surface area contributed by atoms with Crippen LogP contribution in [0.1, 0.15) is 51.5 Å². The molecule has 0 unspecified atom stereocenters. The summed E-state index contributed by atoms with van der Waals surface area (Å²) < 4.78 is 10.5. The van der Waals surface area contributed by atoms with Gasteiger partial charge in [-0.05, 0) is 77.0 Å². The number of rotatable bonds is 3. The number of pyridine rings is 1. The van der Waals surface area contributed by atoms with Crippen LogP contribution in [-0.2, 0) is 20.8 Å². The van der Waals surface area contributed by atoms with Gasteiger partial charge in [0.1, 0.15) is 11.9 Å². The van der Waals surface area contributed by atoms with Crippen LogP contribution in [0, 0.1) is 6.92 Å². The smallest absolute Gasteiger partial charge is 0.411 e. The highest BCUT2D eigenvalue weighted by Crippen LogP contribution is 2.30. The van der Waals surface area contributed by atoms with Gasteiger partial charge in [-0.3, -0.25) is 10.1 Å². The highest BCUT2D eigenvalue weighted by molar-refractivity contribution is 5.95. The van der Waals surface area contributed by atoms with Crippen molar-refractivity contribution in [2.75, 3.05) is 37.1 Å². The molecule has 0 aliphatic carbocycles. The number of carbonyl (C=O) groups excluding carboxylic acids is 3. The number of fused-ring (bicyclic) bond motifs is 10. The average Bonchev–Trinajstić information content (AvgIpc) is 2.97. The van der Waals surface area contributed by atoms with Gasteiger partial charge in [0, 0.05) is 42.5 Å². The quantitative estimate of drug-likeness (QED) is 0.281. The van der Waals surface area contributed by atoms with Gasteiger partial charge in [-0.2, -0.15) is 0 Å². The van der Waals surface area contributed by atoms with Gasteiger partial charge in [0.2, 0.25) is 5.91 Å². The van der Waals surface area contributed by atoms with E-state index in [1.807, 2.05) is 56.3 Å². The molecule has 4 bridgehead atoms. The molecule has 10 nitrogen and oxygen atoms in total. The van der Waals surface area contributed by atoms with Crippen LogP contribution in [0.5, 0.6) is 0 Å². The topological polar surface area (TPSA) is 136 Å². The minimum atomic E-state index is -0.747. The van der Waals surface area contributed by atoms with Crippen molar-refractivity contribution in [3.05, 3.63) is 94.7 Å². The number of nitrogen functional groups attached to an aromatic ring is 1. The molecule has 0 radical (unpaired) electrons. The molecular weight excluding hydrogens is 534 g/mol. The summed E-state index contributed by atoms with van der Waals surface area (Å²) in [5, 5.41) is 7.86. The molecule has 0 spiro atoms. The lowest BCUT2D eigenvalue weighted by Crippen LogP contribution is -2.35. The number of benzene rings is 3. The first-order valence-corrected chi connectivity index (χ1v) is 13.6. The molecule has 0 saturated carbocycles. The zero-order valence-corrected chi connectivity index (χ0v) is 23.9. The number of aryl methyl sites for hydroxylation is 1. The first-order valence-electron chi connectivity index (χ1n) is 13.6. The number of amides is 2. The highest BCUT2D eigenvalue weighted by atomic mass is 16.5. The number of methoxy groups -OCH3 is 1. The van der Waals surface area contributed by atoms with Crippen molar-refractivity contribution in [1.29, 1.82) is 0 Å². The monoisotopic (exact) mass is 567 g/mol. The predicted octanol–water partition coefficient (Wildman–Crippen LogP) is 5.39. The molecule has 0 saturated heterocycles. The Balaban J connectivity index is 1.58. The molecule has 216 valence electrons. The van der Waals surface area contributed by atoms with Crippen LogP contribution in [0.3, 0.4) is 0 Å². The van der Waals surface area contributed by atoms with E-state index in [9.17, 15) is 14.4 Å². The standard InChI is InChI=1S/C32H33N5O5/c1-18-13-21-5-8-25(18)19(2)17-42-32(40)36-24-7-10-27(31(39)41-4)22(15-24)16-37(3)30(38)28(21)35-23-6-9-26-20(14-23)11-12-34-29(26)33/h5-15,19,28,35H,16-17H2,1-4H3,(H2,33,34)(H,36,40)/t19-,28+/m0/s1. The maximum absolute atomic E-state index is 14.2. The van der Waals surface area contributed by atoms with E-state index in [0.717, 1.165) is 33.2 Å². The minimum absolute atomic E-state index is 0.0834. The Hall–Kier alpha value is -5.12. The Morgan fingerprint density at radius 1 is 1.12 bits per heavy atom. The van der Waals surface area contributed by atoms with Gasteiger partial charge >= 0.3 is 12.1 Å². The molecule has 4 N–H and O–H groups in total. The number of hydrogen-bond donors (Lipinski definition) is 3. The number of ether oxygens (including phenoxy) is 2. The zero-order chi connectivity index (χ0) is 30.0. The van der Waals surface area contributed by atoms with Gasteiger partial charge < -0.3 is 25.4 Å². The number of carbonyl (C=O) groups is 3. The SMILES string of the molecule is COC(=O)c1ccc2cc1CN(C)C(=O)[C@H](Nc1ccc3c(N)nccc3c1)c1ccc(c(C)c1)[C@@H](C)COC(=O)N2. The van der Waals surface area contributed by atoms with E-state index in [-0.39, 0.29) is 30.5 Å². The molecule has 6 rings (SSSR count). The lowest BCUT2D eigenvalue weighted by Gasteiger charge is -2.28. The molecule has 10 heteroatoms. The molecule has 42 heavy (non-hydrogen) atoms. The first-order chi connectivity index (χ1) is 20.1. The summed E-state index contributed by atoms with van der Waals surface area (Å²) >= 11 is 0. The third-order valence-electron chi connectivity index (χ3n) is 7.52. The van der Waals surface area contributed by atoms with Crippen molar-refractivity contribution in [2.24, 2.45) is 0 Å². The summed E-state index contributed by atoms with van der Waals surface area (Å²) in [5.74, 6) is -0.415. The fourth-order valence-corrected chi connectivity index (χ4v) is 5.29. The maximum Gasteiger partial charge on any atom is 0.411 e. The number of nitrogens with one attached hydrogen (secondary N) is 2. The van der Waals surface area contributed by atoms with E-state index in [4.69, 9.17) is 15.2 Å². The van der Waals surface area contributed by atoms with E-state index in [2.05, 4.69) is 15.6 Å². The number of nitrogens with zero attached hydrogens (tertiary/aromatic N) is 2. The summed E-state index contributed by atoms with van der Waals surface area (Å²) in [4.78, 5) is 45.0. The third kappa shape index (κ3) is 5.83. The van der Waals surface area contributed by atoms with Gasteiger partial charge in [-0.25, -0.2) is 14.6 Å². The van der Waals surface area contributed by atoms with Gasteiger partial charge in [0.15, 0.2) is 0 Å². The number of hydrogen-bond acceptors (Lipinski definition) is 8. The number of anilines is 3. The Morgan fingerprint density at radius 3 is 2.69 bits per heavy atom. The van der Waals surface area contributed by atoms with E-state index in [0.29, 0.717) is 17.1 Å². The molecule has 2 atom stereocenters. The summed E-state index contributed by atoms with van der Waals surface area (Å²) in [6.07, 6.45) is 1.04. The molecule has 4 aromatic rings. The van der Waals surface area contributed by atoms with Crippen LogP contribution in [-0.4, -0.2) is 48.6 Å². The van der Waals surface area contributed by atoms with E-state index >= 15 is 0 Å². The number of nitrogens with two attached hydrogens (primary N) is 1. The summed E-state index contributed by atoms with van der Waals surface area (Å²) in [7, 11) is 2.97. The van der Waals surface area contributed by atoms with Crippen molar-refractivity contribution in [2.45, 2.75) is 32.4 Å². The van der Waals surface area contributed by atoms with Gasteiger partial charge in [-0.15, -0.1) is 0 Å². The number of esters is 1. The van der Waals surface area contributed by atoms with Crippen molar-refractivity contribution in [3.8, 4) is 0 Å². The Kier molecular flexibility index (Phi) is 7.97. The molecule has 2 aliphatic heterocycles. The maximum atomic E-state index is 14.2. The number of aromatic nitrogens is 1. The van der Waals surface area contributed by atoms with E-state index in [1.165, 1.54) is 7.11 Å². The lowest BCUT2D eigenvalue weighted by molar-refractivity contribution is -0.131. The second-order valence-corrected chi connectivity index (χ2v) is 10.5. The molecule has 1 aromatic heterocycles. The van der Waals surface area contributed by atoms with Crippen LogP contribution in [0.25, 0.3) is 10.8 Å². The molecule has 3 aromatic carbocycles. The second-order valence-electron chi connectivity index (χ2n) is 10.5. The average molecular weight is 568 g/mol. The Labute approximate surface area is 243 Å².